The molecule has 1 aliphatic carbocycles. The van der Waals surface area contributed by atoms with Crippen LogP contribution < -0.4 is 14.2 Å². The van der Waals surface area contributed by atoms with E-state index in [4.69, 9.17) is 23.9 Å². The lowest BCUT2D eigenvalue weighted by Gasteiger charge is -2.39. The van der Waals surface area contributed by atoms with Gasteiger partial charge in [0.2, 0.25) is 5.75 Å². The van der Waals surface area contributed by atoms with Gasteiger partial charge in [-0.2, -0.15) is 0 Å². The summed E-state index contributed by atoms with van der Waals surface area (Å²) in [6.07, 6.45) is 0.776. The molecule has 0 aromatic heterocycles. The molecular formula is C25H33NO6. The van der Waals surface area contributed by atoms with Crippen LogP contribution >= 0.6 is 0 Å². The number of aliphatic imine (C=N–C) groups is 1. The largest absolute Gasteiger partial charge is 0.493 e. The number of benzene rings is 1. The SMILES string of the molecule is COc1cc([C@@H]2C3=C(CC(C)(C)CC3=O)N=C(C)C2C(=O)OC(C)C)cc(OC)c1OC. The van der Waals surface area contributed by atoms with E-state index in [0.717, 1.165) is 11.3 Å². The summed E-state index contributed by atoms with van der Waals surface area (Å²) in [7, 11) is 4.62. The number of esters is 1. The third kappa shape index (κ3) is 4.38. The molecule has 0 amide bonds. The summed E-state index contributed by atoms with van der Waals surface area (Å²) >= 11 is 0. The van der Waals surface area contributed by atoms with Crippen LogP contribution in [0.4, 0.5) is 0 Å². The number of allylic oxidation sites excluding steroid dienone is 2. The van der Waals surface area contributed by atoms with Gasteiger partial charge in [0.15, 0.2) is 17.3 Å². The van der Waals surface area contributed by atoms with Crippen molar-refractivity contribution in [2.75, 3.05) is 21.3 Å². The van der Waals surface area contributed by atoms with Gasteiger partial charge in [-0.15, -0.1) is 0 Å². The highest BCUT2D eigenvalue weighted by atomic mass is 16.5. The second-order valence-corrected chi connectivity index (χ2v) is 9.45. The molecule has 0 bridgehead atoms. The number of Topliss-reactive ketones (excluding diaryl/α,β-unsaturated/α-hetero) is 1. The molecule has 7 heteroatoms. The van der Waals surface area contributed by atoms with E-state index in [-0.39, 0.29) is 17.3 Å². The third-order valence-electron chi connectivity index (χ3n) is 5.95. The monoisotopic (exact) mass is 443 g/mol. The molecule has 2 atom stereocenters. The summed E-state index contributed by atoms with van der Waals surface area (Å²) in [5, 5.41) is 0. The maximum Gasteiger partial charge on any atom is 0.315 e. The zero-order valence-corrected chi connectivity index (χ0v) is 20.2. The number of carbonyl (C=O) groups is 2. The Morgan fingerprint density at radius 3 is 2.16 bits per heavy atom. The average molecular weight is 444 g/mol. The number of nitrogens with zero attached hydrogens (tertiary/aromatic N) is 1. The Balaban J connectivity index is 2.26. The average Bonchev–Trinajstić information content (AvgIpc) is 2.69. The molecule has 174 valence electrons. The first-order valence-electron chi connectivity index (χ1n) is 10.8. The summed E-state index contributed by atoms with van der Waals surface area (Å²) in [6, 6.07) is 3.61. The lowest BCUT2D eigenvalue weighted by atomic mass is 9.67. The summed E-state index contributed by atoms with van der Waals surface area (Å²) in [4.78, 5) is 31.4. The van der Waals surface area contributed by atoms with E-state index in [2.05, 4.69) is 13.8 Å². The van der Waals surface area contributed by atoms with E-state index in [0.29, 0.717) is 41.4 Å². The molecule has 2 aliphatic rings. The summed E-state index contributed by atoms with van der Waals surface area (Å²) < 4.78 is 22.1. The molecule has 0 N–H and O–H groups in total. The minimum Gasteiger partial charge on any atom is -0.493 e. The predicted molar refractivity (Wildman–Crippen MR) is 122 cm³/mol. The molecule has 0 spiro atoms. The summed E-state index contributed by atoms with van der Waals surface area (Å²) in [6.45, 7) is 9.56. The smallest absolute Gasteiger partial charge is 0.315 e. The minimum absolute atomic E-state index is 0.00796. The zero-order valence-electron chi connectivity index (χ0n) is 20.2. The van der Waals surface area contributed by atoms with Gasteiger partial charge in [0.25, 0.3) is 0 Å². The standard InChI is InChI=1S/C25H33NO6/c1-13(2)32-24(28)20-14(3)26-16-11-25(4,5)12-17(27)22(16)21(20)15-9-18(29-6)23(31-8)19(10-15)30-7/h9-10,13,20-21H,11-12H2,1-8H3/t20?,21-/m0/s1. The molecular weight excluding hydrogens is 410 g/mol. The van der Waals surface area contributed by atoms with Crippen LogP contribution in [0.25, 0.3) is 0 Å². The van der Waals surface area contributed by atoms with Crippen molar-refractivity contribution >= 4 is 17.5 Å². The molecule has 0 saturated carbocycles. The fourth-order valence-electron chi connectivity index (χ4n) is 4.70. The van der Waals surface area contributed by atoms with Crippen molar-refractivity contribution in [2.24, 2.45) is 16.3 Å². The highest BCUT2D eigenvalue weighted by Crippen LogP contribution is 2.50. The lowest BCUT2D eigenvalue weighted by molar-refractivity contribution is -0.150. The summed E-state index contributed by atoms with van der Waals surface area (Å²) in [5.74, 6) is -0.285. The topological polar surface area (TPSA) is 83.4 Å². The quantitative estimate of drug-likeness (QED) is 0.603. The van der Waals surface area contributed by atoms with Crippen LogP contribution in [0.15, 0.2) is 28.4 Å². The molecule has 0 saturated heterocycles. The first-order chi connectivity index (χ1) is 15.0. The fraction of sp³-hybridized carbons (Fsp3) is 0.560. The Morgan fingerprint density at radius 2 is 1.66 bits per heavy atom. The number of ketones is 1. The molecule has 3 rings (SSSR count). The van der Waals surface area contributed by atoms with Crippen LogP contribution in [0.5, 0.6) is 17.2 Å². The van der Waals surface area contributed by atoms with Gasteiger partial charge in [0, 0.05) is 29.3 Å². The van der Waals surface area contributed by atoms with E-state index in [9.17, 15) is 9.59 Å². The van der Waals surface area contributed by atoms with Gasteiger partial charge < -0.3 is 18.9 Å². The number of rotatable bonds is 6. The Labute approximate surface area is 189 Å². The van der Waals surface area contributed by atoms with Crippen molar-refractivity contribution in [2.45, 2.75) is 59.5 Å². The maximum absolute atomic E-state index is 13.4. The van der Waals surface area contributed by atoms with Crippen LogP contribution in [0, 0.1) is 11.3 Å². The van der Waals surface area contributed by atoms with Crippen molar-refractivity contribution in [3.05, 3.63) is 29.0 Å². The molecule has 7 nitrogen and oxygen atoms in total. The number of hydrogen-bond acceptors (Lipinski definition) is 7. The van der Waals surface area contributed by atoms with E-state index in [1.54, 1.807) is 26.0 Å². The number of ether oxygens (including phenoxy) is 4. The second kappa shape index (κ2) is 8.96. The molecule has 0 fully saturated rings. The van der Waals surface area contributed by atoms with Crippen LogP contribution in [-0.4, -0.2) is 44.9 Å². The van der Waals surface area contributed by atoms with Gasteiger partial charge in [0.05, 0.1) is 27.4 Å². The molecule has 1 aliphatic heterocycles. The Hall–Kier alpha value is -2.83. The number of methoxy groups -OCH3 is 3. The third-order valence-corrected chi connectivity index (χ3v) is 5.95. The Bertz CT molecular complexity index is 963. The molecule has 1 aromatic rings. The summed E-state index contributed by atoms with van der Waals surface area (Å²) in [5.41, 5.74) is 2.50. The minimum atomic E-state index is -0.718. The van der Waals surface area contributed by atoms with Gasteiger partial charge in [-0.25, -0.2) is 0 Å². The van der Waals surface area contributed by atoms with Crippen molar-refractivity contribution < 1.29 is 28.5 Å². The van der Waals surface area contributed by atoms with Gasteiger partial charge in [0.1, 0.15) is 5.92 Å². The highest BCUT2D eigenvalue weighted by Gasteiger charge is 2.46. The van der Waals surface area contributed by atoms with Gasteiger partial charge in [-0.3, -0.25) is 14.6 Å². The van der Waals surface area contributed by atoms with Gasteiger partial charge in [-0.05, 0) is 50.3 Å². The first-order valence-corrected chi connectivity index (χ1v) is 10.8. The number of hydrogen-bond donors (Lipinski definition) is 0. The molecule has 1 aromatic carbocycles. The van der Waals surface area contributed by atoms with Crippen molar-refractivity contribution in [1.29, 1.82) is 0 Å². The van der Waals surface area contributed by atoms with E-state index >= 15 is 0 Å². The molecule has 1 unspecified atom stereocenters. The second-order valence-electron chi connectivity index (χ2n) is 9.45. The van der Waals surface area contributed by atoms with Crippen LogP contribution in [-0.2, 0) is 14.3 Å². The van der Waals surface area contributed by atoms with Crippen molar-refractivity contribution in [1.82, 2.24) is 0 Å². The predicted octanol–water partition coefficient (Wildman–Crippen LogP) is 4.48. The van der Waals surface area contributed by atoms with Gasteiger partial charge >= 0.3 is 5.97 Å². The van der Waals surface area contributed by atoms with E-state index in [1.807, 2.05) is 6.92 Å². The maximum atomic E-state index is 13.4. The van der Waals surface area contributed by atoms with Crippen LogP contribution in [0.2, 0.25) is 0 Å². The van der Waals surface area contributed by atoms with Crippen molar-refractivity contribution in [3.8, 4) is 17.2 Å². The van der Waals surface area contributed by atoms with E-state index < -0.39 is 17.8 Å². The highest BCUT2D eigenvalue weighted by molar-refractivity contribution is 6.09. The normalized spacial score (nSPS) is 22.3. The molecule has 0 radical (unpaired) electrons. The zero-order chi connectivity index (χ0) is 23.8. The van der Waals surface area contributed by atoms with Crippen molar-refractivity contribution in [3.63, 3.8) is 0 Å². The van der Waals surface area contributed by atoms with Crippen LogP contribution in [0.3, 0.4) is 0 Å². The van der Waals surface area contributed by atoms with Gasteiger partial charge in [-0.1, -0.05) is 13.8 Å². The Kier molecular flexibility index (Phi) is 6.67. The number of carbonyl (C=O) groups excluding carboxylic acids is 2. The molecule has 32 heavy (non-hydrogen) atoms. The Morgan fingerprint density at radius 1 is 1.06 bits per heavy atom. The molecule has 1 heterocycles. The lowest BCUT2D eigenvalue weighted by Crippen LogP contribution is -2.40. The fourth-order valence-corrected chi connectivity index (χ4v) is 4.70. The van der Waals surface area contributed by atoms with Crippen LogP contribution in [0.1, 0.15) is 58.9 Å². The first kappa shape index (κ1) is 23.8. The van der Waals surface area contributed by atoms with E-state index in [1.165, 1.54) is 21.3 Å².